The minimum atomic E-state index is -0.740. The fraction of sp³-hybridized carbons (Fsp3) is 0.429. The summed E-state index contributed by atoms with van der Waals surface area (Å²) >= 11 is 0. The van der Waals surface area contributed by atoms with Gasteiger partial charge in [0.05, 0.1) is 11.3 Å². The molecule has 0 unspecified atom stereocenters. The second kappa shape index (κ2) is 4.54. The maximum absolute atomic E-state index is 13.2. The summed E-state index contributed by atoms with van der Waals surface area (Å²) in [5, 5.41) is 9.12. The van der Waals surface area contributed by atoms with Gasteiger partial charge in [-0.15, -0.1) is 0 Å². The first-order valence-electron chi connectivity index (χ1n) is 6.11. The van der Waals surface area contributed by atoms with Crippen LogP contribution in [0, 0.1) is 17.1 Å². The number of halogens is 1. The van der Waals surface area contributed by atoms with Gasteiger partial charge < -0.3 is 9.80 Å². The minimum Gasteiger partial charge on any atom is -0.355 e. The molecular weight excluding hydrogens is 245 g/mol. The van der Waals surface area contributed by atoms with Crippen molar-refractivity contribution in [3.63, 3.8) is 0 Å². The van der Waals surface area contributed by atoms with E-state index in [0.717, 1.165) is 0 Å². The summed E-state index contributed by atoms with van der Waals surface area (Å²) in [7, 11) is 1.76. The lowest BCUT2D eigenvalue weighted by molar-refractivity contribution is -0.136. The third-order valence-electron chi connectivity index (χ3n) is 3.57. The molecule has 0 saturated carbocycles. The Bertz CT molecular complexity index is 562. The molecule has 0 spiro atoms. The molecule has 1 heterocycles. The molecule has 2 rings (SSSR count). The molecule has 100 valence electrons. The Morgan fingerprint density at radius 2 is 2.05 bits per heavy atom. The highest BCUT2D eigenvalue weighted by molar-refractivity contribution is 5.90. The van der Waals surface area contributed by atoms with Crippen LogP contribution in [0.15, 0.2) is 18.2 Å². The molecule has 1 amide bonds. The van der Waals surface area contributed by atoms with Gasteiger partial charge in [0, 0.05) is 20.1 Å². The van der Waals surface area contributed by atoms with Crippen LogP contribution in [0.5, 0.6) is 0 Å². The summed E-state index contributed by atoms with van der Waals surface area (Å²) in [5.41, 5.74) is 0.122. The van der Waals surface area contributed by atoms with Gasteiger partial charge in [-0.1, -0.05) is 0 Å². The van der Waals surface area contributed by atoms with E-state index in [2.05, 4.69) is 0 Å². The third kappa shape index (κ3) is 2.14. The van der Waals surface area contributed by atoms with E-state index < -0.39 is 11.4 Å². The highest BCUT2D eigenvalue weighted by Gasteiger charge is 2.41. The molecule has 1 aromatic carbocycles. The standard InChI is InChI=1S/C14H16FN3O/c1-14(2)13(19)17(3)6-7-18(14)12-5-4-11(15)8-10(12)9-16/h4-5,8H,6-7H2,1-3H3. The van der Waals surface area contributed by atoms with E-state index in [1.54, 1.807) is 18.0 Å². The lowest BCUT2D eigenvalue weighted by Gasteiger charge is -2.46. The van der Waals surface area contributed by atoms with Gasteiger partial charge in [-0.05, 0) is 32.0 Å². The van der Waals surface area contributed by atoms with Crippen molar-refractivity contribution in [3.05, 3.63) is 29.6 Å². The zero-order chi connectivity index (χ0) is 14.2. The Kier molecular flexibility index (Phi) is 3.19. The van der Waals surface area contributed by atoms with E-state index in [1.165, 1.54) is 12.1 Å². The van der Waals surface area contributed by atoms with E-state index in [0.29, 0.717) is 18.8 Å². The SMILES string of the molecule is CN1CCN(c2ccc(F)cc2C#N)C(C)(C)C1=O. The quantitative estimate of drug-likeness (QED) is 0.774. The number of amides is 1. The largest absolute Gasteiger partial charge is 0.355 e. The summed E-state index contributed by atoms with van der Waals surface area (Å²) in [6.45, 7) is 4.84. The number of benzene rings is 1. The van der Waals surface area contributed by atoms with Crippen molar-refractivity contribution in [1.29, 1.82) is 5.26 Å². The van der Waals surface area contributed by atoms with E-state index >= 15 is 0 Å². The summed E-state index contributed by atoms with van der Waals surface area (Å²) in [4.78, 5) is 15.8. The Hall–Kier alpha value is -2.09. The maximum Gasteiger partial charge on any atom is 0.247 e. The van der Waals surface area contributed by atoms with E-state index in [4.69, 9.17) is 5.26 Å². The van der Waals surface area contributed by atoms with Gasteiger partial charge in [-0.25, -0.2) is 4.39 Å². The number of hydrogen-bond donors (Lipinski definition) is 0. The maximum atomic E-state index is 13.2. The predicted octanol–water partition coefficient (Wildman–Crippen LogP) is 1.75. The second-order valence-electron chi connectivity index (χ2n) is 5.21. The Morgan fingerprint density at radius 1 is 1.37 bits per heavy atom. The molecular formula is C14H16FN3O. The molecule has 4 nitrogen and oxygen atoms in total. The number of anilines is 1. The van der Waals surface area contributed by atoms with Crippen molar-refractivity contribution < 1.29 is 9.18 Å². The van der Waals surface area contributed by atoms with Gasteiger partial charge in [0.2, 0.25) is 5.91 Å². The molecule has 0 radical (unpaired) electrons. The Balaban J connectivity index is 2.48. The van der Waals surface area contributed by atoms with Crippen LogP contribution in [-0.4, -0.2) is 36.5 Å². The average Bonchev–Trinajstić information content (AvgIpc) is 2.37. The van der Waals surface area contributed by atoms with Crippen molar-refractivity contribution in [3.8, 4) is 6.07 Å². The van der Waals surface area contributed by atoms with Crippen LogP contribution < -0.4 is 4.90 Å². The van der Waals surface area contributed by atoms with Crippen LogP contribution >= 0.6 is 0 Å². The number of nitrogens with zero attached hydrogens (tertiary/aromatic N) is 3. The first-order chi connectivity index (χ1) is 8.87. The summed E-state index contributed by atoms with van der Waals surface area (Å²) in [6.07, 6.45) is 0. The van der Waals surface area contributed by atoms with Gasteiger partial charge in [0.15, 0.2) is 0 Å². The molecule has 0 N–H and O–H groups in total. The molecule has 1 saturated heterocycles. The molecule has 0 bridgehead atoms. The topological polar surface area (TPSA) is 47.3 Å². The number of carbonyl (C=O) groups is 1. The lowest BCUT2D eigenvalue weighted by atomic mass is 9.95. The van der Waals surface area contributed by atoms with E-state index in [1.807, 2.05) is 24.8 Å². The van der Waals surface area contributed by atoms with Gasteiger partial charge in [-0.2, -0.15) is 5.26 Å². The molecule has 1 aliphatic rings. The van der Waals surface area contributed by atoms with Crippen LogP contribution in [0.2, 0.25) is 0 Å². The van der Waals surface area contributed by atoms with Crippen LogP contribution in [0.1, 0.15) is 19.4 Å². The fourth-order valence-corrected chi connectivity index (χ4v) is 2.47. The number of hydrogen-bond acceptors (Lipinski definition) is 3. The monoisotopic (exact) mass is 261 g/mol. The molecule has 0 atom stereocenters. The van der Waals surface area contributed by atoms with Crippen LogP contribution in [0.4, 0.5) is 10.1 Å². The van der Waals surface area contributed by atoms with Crippen molar-refractivity contribution in [1.82, 2.24) is 4.90 Å². The molecule has 0 aliphatic carbocycles. The van der Waals surface area contributed by atoms with E-state index in [-0.39, 0.29) is 11.5 Å². The highest BCUT2D eigenvalue weighted by Crippen LogP contribution is 2.31. The molecule has 0 aromatic heterocycles. The number of nitriles is 1. The van der Waals surface area contributed by atoms with Crippen LogP contribution in [0.25, 0.3) is 0 Å². The van der Waals surface area contributed by atoms with Gasteiger partial charge in [0.25, 0.3) is 0 Å². The number of piperazine rings is 1. The van der Waals surface area contributed by atoms with Crippen molar-refractivity contribution in [2.75, 3.05) is 25.0 Å². The smallest absolute Gasteiger partial charge is 0.247 e. The number of likely N-dealkylation sites (N-methyl/N-ethyl adjacent to an activating group) is 1. The fourth-order valence-electron chi connectivity index (χ4n) is 2.47. The summed E-state index contributed by atoms with van der Waals surface area (Å²) in [6, 6.07) is 6.07. The van der Waals surface area contributed by atoms with Crippen molar-refractivity contribution in [2.24, 2.45) is 0 Å². The molecule has 1 aliphatic heterocycles. The normalized spacial score (nSPS) is 18.4. The first kappa shape index (κ1) is 13.3. The van der Waals surface area contributed by atoms with E-state index in [9.17, 15) is 9.18 Å². The molecule has 1 fully saturated rings. The number of rotatable bonds is 1. The zero-order valence-electron chi connectivity index (χ0n) is 11.3. The highest BCUT2D eigenvalue weighted by atomic mass is 19.1. The first-order valence-corrected chi connectivity index (χ1v) is 6.11. The average molecular weight is 261 g/mol. The van der Waals surface area contributed by atoms with Gasteiger partial charge in [-0.3, -0.25) is 4.79 Å². The lowest BCUT2D eigenvalue weighted by Crippen LogP contribution is -2.62. The van der Waals surface area contributed by atoms with Crippen molar-refractivity contribution >= 4 is 11.6 Å². The van der Waals surface area contributed by atoms with Gasteiger partial charge >= 0.3 is 0 Å². The Labute approximate surface area is 112 Å². The molecule has 5 heteroatoms. The van der Waals surface area contributed by atoms with Crippen molar-refractivity contribution in [2.45, 2.75) is 19.4 Å². The number of carbonyl (C=O) groups excluding carboxylic acids is 1. The van der Waals surface area contributed by atoms with Crippen LogP contribution in [-0.2, 0) is 4.79 Å². The predicted molar refractivity (Wildman–Crippen MR) is 70.2 cm³/mol. The summed E-state index contributed by atoms with van der Waals surface area (Å²) < 4.78 is 13.2. The van der Waals surface area contributed by atoms with Gasteiger partial charge in [0.1, 0.15) is 17.4 Å². The zero-order valence-corrected chi connectivity index (χ0v) is 11.3. The van der Waals surface area contributed by atoms with Crippen LogP contribution in [0.3, 0.4) is 0 Å². The minimum absolute atomic E-state index is 0.00744. The molecule has 1 aromatic rings. The molecule has 19 heavy (non-hydrogen) atoms. The summed E-state index contributed by atoms with van der Waals surface area (Å²) in [5.74, 6) is -0.453. The second-order valence-corrected chi connectivity index (χ2v) is 5.21. The Morgan fingerprint density at radius 3 is 2.68 bits per heavy atom. The third-order valence-corrected chi connectivity index (χ3v) is 3.57.